The molecule has 0 bridgehead atoms. The lowest BCUT2D eigenvalue weighted by Gasteiger charge is -2.07. The SMILES string of the molecule is CSCCCCCNc1cc(Cl)nc2ncnn12. The molecular weight excluding hydrogens is 270 g/mol. The number of nitrogens with zero attached hydrogens (tertiary/aromatic N) is 4. The van der Waals surface area contributed by atoms with E-state index < -0.39 is 0 Å². The van der Waals surface area contributed by atoms with Crippen LogP contribution in [0.2, 0.25) is 5.15 Å². The molecule has 98 valence electrons. The first-order chi connectivity index (χ1) is 8.81. The molecule has 2 aromatic rings. The molecule has 5 nitrogen and oxygen atoms in total. The minimum absolute atomic E-state index is 0.431. The lowest BCUT2D eigenvalue weighted by Crippen LogP contribution is -2.07. The Labute approximate surface area is 115 Å². The van der Waals surface area contributed by atoms with Crippen molar-refractivity contribution in [2.45, 2.75) is 19.3 Å². The molecule has 7 heteroatoms. The van der Waals surface area contributed by atoms with E-state index in [0.29, 0.717) is 10.9 Å². The van der Waals surface area contributed by atoms with Crippen molar-refractivity contribution >= 4 is 35.0 Å². The van der Waals surface area contributed by atoms with Crippen molar-refractivity contribution in [2.24, 2.45) is 0 Å². The summed E-state index contributed by atoms with van der Waals surface area (Å²) in [5.41, 5.74) is 0. The first-order valence-corrected chi connectivity index (χ1v) is 7.67. The van der Waals surface area contributed by atoms with E-state index in [-0.39, 0.29) is 0 Å². The number of halogens is 1. The Morgan fingerprint density at radius 2 is 2.28 bits per heavy atom. The van der Waals surface area contributed by atoms with Crippen LogP contribution in [-0.2, 0) is 0 Å². The Balaban J connectivity index is 1.89. The number of aromatic nitrogens is 4. The highest BCUT2D eigenvalue weighted by molar-refractivity contribution is 7.98. The van der Waals surface area contributed by atoms with Crippen LogP contribution in [-0.4, -0.2) is 38.1 Å². The molecule has 0 fully saturated rings. The molecule has 18 heavy (non-hydrogen) atoms. The molecular formula is C11H16ClN5S. The fourth-order valence-electron chi connectivity index (χ4n) is 1.67. The number of hydrogen-bond donors (Lipinski definition) is 1. The normalized spacial score (nSPS) is 11.0. The lowest BCUT2D eigenvalue weighted by atomic mass is 10.2. The summed E-state index contributed by atoms with van der Waals surface area (Å²) in [6, 6.07) is 1.77. The summed E-state index contributed by atoms with van der Waals surface area (Å²) in [7, 11) is 0. The van der Waals surface area contributed by atoms with E-state index in [9.17, 15) is 0 Å². The van der Waals surface area contributed by atoms with Gasteiger partial charge in [-0.1, -0.05) is 18.0 Å². The largest absolute Gasteiger partial charge is 0.370 e. The molecule has 0 atom stereocenters. The Hall–Kier alpha value is -1.01. The average molecular weight is 286 g/mol. The Morgan fingerprint density at radius 1 is 1.39 bits per heavy atom. The molecule has 0 spiro atoms. The van der Waals surface area contributed by atoms with E-state index in [1.54, 1.807) is 10.6 Å². The zero-order valence-electron chi connectivity index (χ0n) is 10.3. The Morgan fingerprint density at radius 3 is 3.11 bits per heavy atom. The van der Waals surface area contributed by atoms with Gasteiger partial charge in [-0.3, -0.25) is 0 Å². The van der Waals surface area contributed by atoms with Crippen molar-refractivity contribution in [3.05, 3.63) is 17.5 Å². The summed E-state index contributed by atoms with van der Waals surface area (Å²) < 4.78 is 1.66. The number of thioether (sulfide) groups is 1. The molecule has 0 amide bonds. The Bertz CT molecular complexity index is 501. The molecule has 2 heterocycles. The van der Waals surface area contributed by atoms with Crippen LogP contribution >= 0.6 is 23.4 Å². The van der Waals surface area contributed by atoms with Crippen molar-refractivity contribution in [3.63, 3.8) is 0 Å². The second-order valence-electron chi connectivity index (χ2n) is 3.92. The van der Waals surface area contributed by atoms with Crippen LogP contribution in [0.3, 0.4) is 0 Å². The van der Waals surface area contributed by atoms with E-state index in [1.165, 1.54) is 24.9 Å². The van der Waals surface area contributed by atoms with Crippen LogP contribution in [0.4, 0.5) is 5.82 Å². The van der Waals surface area contributed by atoms with E-state index in [2.05, 4.69) is 26.6 Å². The van der Waals surface area contributed by atoms with E-state index in [0.717, 1.165) is 18.8 Å². The van der Waals surface area contributed by atoms with Gasteiger partial charge in [0.2, 0.25) is 0 Å². The van der Waals surface area contributed by atoms with Crippen LogP contribution in [0, 0.1) is 0 Å². The highest BCUT2D eigenvalue weighted by Crippen LogP contribution is 2.14. The molecule has 2 rings (SSSR count). The number of hydrogen-bond acceptors (Lipinski definition) is 5. The van der Waals surface area contributed by atoms with Gasteiger partial charge in [-0.25, -0.2) is 0 Å². The second-order valence-corrected chi connectivity index (χ2v) is 5.29. The fourth-order valence-corrected chi connectivity index (χ4v) is 2.35. The highest BCUT2D eigenvalue weighted by Gasteiger charge is 2.05. The molecule has 0 radical (unpaired) electrons. The third-order valence-electron chi connectivity index (χ3n) is 2.55. The number of nitrogens with one attached hydrogen (secondary N) is 1. The summed E-state index contributed by atoms with van der Waals surface area (Å²) in [6.45, 7) is 0.906. The van der Waals surface area contributed by atoms with Gasteiger partial charge in [-0.2, -0.15) is 31.3 Å². The molecule has 0 saturated heterocycles. The van der Waals surface area contributed by atoms with Crippen LogP contribution in [0.15, 0.2) is 12.4 Å². The minimum atomic E-state index is 0.431. The first-order valence-electron chi connectivity index (χ1n) is 5.90. The van der Waals surface area contributed by atoms with Crippen LogP contribution in [0.1, 0.15) is 19.3 Å². The second kappa shape index (κ2) is 6.80. The topological polar surface area (TPSA) is 55.1 Å². The number of anilines is 1. The van der Waals surface area contributed by atoms with Gasteiger partial charge in [-0.05, 0) is 24.9 Å². The average Bonchev–Trinajstić information content (AvgIpc) is 2.81. The van der Waals surface area contributed by atoms with Crippen molar-refractivity contribution in [1.29, 1.82) is 0 Å². The predicted octanol–water partition coefficient (Wildman–Crippen LogP) is 2.72. The maximum Gasteiger partial charge on any atom is 0.255 e. The van der Waals surface area contributed by atoms with E-state index >= 15 is 0 Å². The molecule has 0 aliphatic carbocycles. The molecule has 0 aliphatic rings. The monoisotopic (exact) mass is 285 g/mol. The van der Waals surface area contributed by atoms with Gasteiger partial charge in [0.05, 0.1) is 0 Å². The van der Waals surface area contributed by atoms with Gasteiger partial charge in [0.15, 0.2) is 0 Å². The summed E-state index contributed by atoms with van der Waals surface area (Å²) in [5.74, 6) is 2.59. The third-order valence-corrected chi connectivity index (χ3v) is 3.44. The minimum Gasteiger partial charge on any atom is -0.370 e. The molecule has 2 aromatic heterocycles. The van der Waals surface area contributed by atoms with Crippen molar-refractivity contribution in [3.8, 4) is 0 Å². The van der Waals surface area contributed by atoms with Gasteiger partial charge in [0.1, 0.15) is 17.3 Å². The fraction of sp³-hybridized carbons (Fsp3) is 0.545. The molecule has 0 aromatic carbocycles. The van der Waals surface area contributed by atoms with Gasteiger partial charge < -0.3 is 5.32 Å². The van der Waals surface area contributed by atoms with Gasteiger partial charge in [-0.15, -0.1) is 0 Å². The van der Waals surface area contributed by atoms with Crippen LogP contribution in [0.5, 0.6) is 0 Å². The maximum absolute atomic E-state index is 5.93. The van der Waals surface area contributed by atoms with Crippen LogP contribution < -0.4 is 5.32 Å². The van der Waals surface area contributed by atoms with E-state index in [1.807, 2.05) is 11.8 Å². The smallest absolute Gasteiger partial charge is 0.255 e. The summed E-state index contributed by atoms with van der Waals surface area (Å²) in [5, 5.41) is 7.86. The number of unbranched alkanes of at least 4 members (excludes halogenated alkanes) is 2. The van der Waals surface area contributed by atoms with Crippen LogP contribution in [0.25, 0.3) is 5.78 Å². The first kappa shape index (κ1) is 13.4. The van der Waals surface area contributed by atoms with E-state index in [4.69, 9.17) is 11.6 Å². The molecule has 0 saturated carbocycles. The van der Waals surface area contributed by atoms with Crippen molar-refractivity contribution in [2.75, 3.05) is 23.9 Å². The van der Waals surface area contributed by atoms with Gasteiger partial charge >= 0.3 is 0 Å². The number of fused-ring (bicyclic) bond motifs is 1. The highest BCUT2D eigenvalue weighted by atomic mass is 35.5. The van der Waals surface area contributed by atoms with Crippen molar-refractivity contribution in [1.82, 2.24) is 19.6 Å². The maximum atomic E-state index is 5.93. The summed E-state index contributed by atoms with van der Waals surface area (Å²) in [4.78, 5) is 8.10. The standard InChI is InChI=1S/C11H16ClN5S/c1-18-6-4-2-3-5-13-10-7-9(12)16-11-14-8-15-17(10)11/h7-8,13H,2-6H2,1H3. The van der Waals surface area contributed by atoms with Gasteiger partial charge in [0.25, 0.3) is 5.78 Å². The Kier molecular flexibility index (Phi) is 5.07. The molecule has 1 N–H and O–H groups in total. The molecule has 0 unspecified atom stereocenters. The zero-order valence-corrected chi connectivity index (χ0v) is 11.8. The number of rotatable bonds is 7. The third kappa shape index (κ3) is 3.49. The lowest BCUT2D eigenvalue weighted by molar-refractivity contribution is 0.745. The summed E-state index contributed by atoms with van der Waals surface area (Å²) in [6.07, 6.45) is 7.24. The van der Waals surface area contributed by atoms with Gasteiger partial charge in [0, 0.05) is 12.6 Å². The zero-order chi connectivity index (χ0) is 12.8. The summed E-state index contributed by atoms with van der Waals surface area (Å²) >= 11 is 7.82. The molecule has 0 aliphatic heterocycles. The quantitative estimate of drug-likeness (QED) is 0.626. The van der Waals surface area contributed by atoms with Crippen molar-refractivity contribution < 1.29 is 0 Å². The predicted molar refractivity (Wildman–Crippen MR) is 76.5 cm³/mol.